The van der Waals surface area contributed by atoms with Crippen LogP contribution in [0.15, 0.2) is 41.6 Å². The van der Waals surface area contributed by atoms with Gasteiger partial charge in [-0.1, -0.05) is 0 Å². The topological polar surface area (TPSA) is 71.0 Å². The predicted molar refractivity (Wildman–Crippen MR) is 95.6 cm³/mol. The number of imidazole rings is 1. The van der Waals surface area contributed by atoms with Crippen LogP contribution in [0.25, 0.3) is 10.9 Å². The number of fused-ring (bicyclic) bond motifs is 1. The highest BCUT2D eigenvalue weighted by Crippen LogP contribution is 2.27. The van der Waals surface area contributed by atoms with Gasteiger partial charge in [0.05, 0.1) is 0 Å². The zero-order valence-corrected chi connectivity index (χ0v) is 14.4. The number of H-pyrrole nitrogens is 1. The predicted octanol–water partition coefficient (Wildman–Crippen LogP) is 2.42. The van der Waals surface area contributed by atoms with E-state index in [4.69, 9.17) is 0 Å². The van der Waals surface area contributed by atoms with E-state index in [0.29, 0.717) is 24.5 Å². The molecule has 0 saturated carbocycles. The second-order valence-corrected chi connectivity index (χ2v) is 6.68. The van der Waals surface area contributed by atoms with Crippen molar-refractivity contribution in [1.29, 1.82) is 0 Å². The first-order chi connectivity index (χ1) is 12.5. The van der Waals surface area contributed by atoms with Crippen LogP contribution in [0, 0.1) is 5.82 Å². The lowest BCUT2D eigenvalue weighted by Crippen LogP contribution is -2.40. The maximum Gasteiger partial charge on any atom is 0.259 e. The minimum Gasteiger partial charge on any atom is -0.360 e. The second-order valence-electron chi connectivity index (χ2n) is 6.68. The number of likely N-dealkylation sites (tertiary alicyclic amines) is 1. The fourth-order valence-corrected chi connectivity index (χ4v) is 3.63. The Morgan fingerprint density at radius 1 is 1.31 bits per heavy atom. The molecule has 3 heterocycles. The lowest BCUT2D eigenvalue weighted by molar-refractivity contribution is 0.0709. The third-order valence-electron chi connectivity index (χ3n) is 5.08. The van der Waals surface area contributed by atoms with E-state index in [-0.39, 0.29) is 16.9 Å². The Bertz CT molecular complexity index is 1030. The highest BCUT2D eigenvalue weighted by atomic mass is 19.1. The van der Waals surface area contributed by atoms with E-state index in [2.05, 4.69) is 9.97 Å². The number of benzene rings is 1. The summed E-state index contributed by atoms with van der Waals surface area (Å²) in [4.78, 5) is 34.4. The largest absolute Gasteiger partial charge is 0.360 e. The molecule has 4 rings (SSSR count). The molecule has 26 heavy (non-hydrogen) atoms. The van der Waals surface area contributed by atoms with Crippen molar-refractivity contribution in [3.05, 3.63) is 64.2 Å². The van der Waals surface area contributed by atoms with Crippen molar-refractivity contribution >= 4 is 16.8 Å². The first-order valence-corrected chi connectivity index (χ1v) is 8.62. The molecule has 0 spiro atoms. The zero-order valence-electron chi connectivity index (χ0n) is 14.4. The summed E-state index contributed by atoms with van der Waals surface area (Å²) in [6, 6.07) is 3.94. The number of amides is 1. The van der Waals surface area contributed by atoms with Gasteiger partial charge in [-0.15, -0.1) is 0 Å². The van der Waals surface area contributed by atoms with E-state index in [1.807, 2.05) is 17.8 Å². The molecule has 1 aliphatic heterocycles. The van der Waals surface area contributed by atoms with Crippen LogP contribution >= 0.6 is 0 Å². The Labute approximate surface area is 149 Å². The molecule has 1 aromatic carbocycles. The highest BCUT2D eigenvalue weighted by molar-refractivity contribution is 5.97. The number of pyridine rings is 1. The van der Waals surface area contributed by atoms with Gasteiger partial charge in [-0.05, 0) is 31.0 Å². The molecule has 0 bridgehead atoms. The number of carbonyl (C=O) groups is 1. The molecule has 7 heteroatoms. The van der Waals surface area contributed by atoms with Gasteiger partial charge in [-0.2, -0.15) is 0 Å². The molecule has 3 aromatic rings. The number of aromatic nitrogens is 3. The van der Waals surface area contributed by atoms with Crippen molar-refractivity contribution < 1.29 is 9.18 Å². The third kappa shape index (κ3) is 2.79. The molecule has 1 aliphatic rings. The summed E-state index contributed by atoms with van der Waals surface area (Å²) >= 11 is 0. The van der Waals surface area contributed by atoms with E-state index in [9.17, 15) is 14.0 Å². The van der Waals surface area contributed by atoms with Crippen molar-refractivity contribution in [2.45, 2.75) is 18.8 Å². The van der Waals surface area contributed by atoms with Crippen molar-refractivity contribution in [1.82, 2.24) is 19.4 Å². The maximum absolute atomic E-state index is 13.5. The van der Waals surface area contributed by atoms with Gasteiger partial charge >= 0.3 is 0 Å². The van der Waals surface area contributed by atoms with Crippen LogP contribution in [0.5, 0.6) is 0 Å². The number of piperidine rings is 1. The molecule has 6 nitrogen and oxygen atoms in total. The Balaban J connectivity index is 1.56. The van der Waals surface area contributed by atoms with Crippen molar-refractivity contribution in [3.63, 3.8) is 0 Å². The number of aromatic amines is 1. The Hall–Kier alpha value is -2.96. The van der Waals surface area contributed by atoms with Crippen LogP contribution in [0.1, 0.15) is 34.9 Å². The molecule has 1 saturated heterocycles. The smallest absolute Gasteiger partial charge is 0.259 e. The monoisotopic (exact) mass is 354 g/mol. The van der Waals surface area contributed by atoms with E-state index in [0.717, 1.165) is 24.7 Å². The summed E-state index contributed by atoms with van der Waals surface area (Å²) in [5, 5.41) is 0.193. The molecule has 1 N–H and O–H groups in total. The highest BCUT2D eigenvalue weighted by Gasteiger charge is 2.27. The Kier molecular flexibility index (Phi) is 4.06. The van der Waals surface area contributed by atoms with Crippen LogP contribution in [0.3, 0.4) is 0 Å². The van der Waals surface area contributed by atoms with Gasteiger partial charge in [0.15, 0.2) is 0 Å². The van der Waals surface area contributed by atoms with E-state index in [1.165, 1.54) is 18.3 Å². The van der Waals surface area contributed by atoms with Crippen molar-refractivity contribution in [2.24, 2.45) is 7.05 Å². The van der Waals surface area contributed by atoms with Gasteiger partial charge < -0.3 is 14.5 Å². The summed E-state index contributed by atoms with van der Waals surface area (Å²) in [6.07, 6.45) is 6.73. The van der Waals surface area contributed by atoms with E-state index >= 15 is 0 Å². The second kappa shape index (κ2) is 6.40. The lowest BCUT2D eigenvalue weighted by Gasteiger charge is -2.31. The Morgan fingerprint density at radius 2 is 2.08 bits per heavy atom. The lowest BCUT2D eigenvalue weighted by atomic mass is 9.95. The number of hydrogen-bond acceptors (Lipinski definition) is 3. The van der Waals surface area contributed by atoms with Crippen LogP contribution in [-0.4, -0.2) is 38.4 Å². The fourth-order valence-electron chi connectivity index (χ4n) is 3.63. The quantitative estimate of drug-likeness (QED) is 0.768. The summed E-state index contributed by atoms with van der Waals surface area (Å²) in [7, 11) is 1.97. The normalized spacial score (nSPS) is 15.5. The number of carbonyl (C=O) groups excluding carboxylic acids is 1. The van der Waals surface area contributed by atoms with Gasteiger partial charge in [0, 0.05) is 55.5 Å². The number of halogens is 1. The van der Waals surface area contributed by atoms with Crippen LogP contribution < -0.4 is 5.43 Å². The molecule has 134 valence electrons. The average molecular weight is 354 g/mol. The molecular weight excluding hydrogens is 335 g/mol. The third-order valence-corrected chi connectivity index (χ3v) is 5.08. The minimum absolute atomic E-state index is 0.0542. The molecule has 0 radical (unpaired) electrons. The summed E-state index contributed by atoms with van der Waals surface area (Å²) < 4.78 is 15.5. The number of nitrogens with zero attached hydrogens (tertiary/aromatic N) is 3. The molecular formula is C19H19FN4O2. The van der Waals surface area contributed by atoms with Crippen molar-refractivity contribution in [3.8, 4) is 0 Å². The van der Waals surface area contributed by atoms with Gasteiger partial charge in [0.25, 0.3) is 5.91 Å². The molecule has 0 aliphatic carbocycles. The fraction of sp³-hybridized carbons (Fsp3) is 0.316. The molecule has 1 fully saturated rings. The summed E-state index contributed by atoms with van der Waals surface area (Å²) in [5.74, 6) is 0.526. The van der Waals surface area contributed by atoms with E-state index in [1.54, 1.807) is 11.1 Å². The van der Waals surface area contributed by atoms with Crippen LogP contribution in [0.2, 0.25) is 0 Å². The summed E-state index contributed by atoms with van der Waals surface area (Å²) in [5.41, 5.74) is 0.134. The summed E-state index contributed by atoms with van der Waals surface area (Å²) in [6.45, 7) is 1.13. The van der Waals surface area contributed by atoms with Crippen molar-refractivity contribution in [2.75, 3.05) is 13.1 Å². The van der Waals surface area contributed by atoms with Gasteiger partial charge in [-0.25, -0.2) is 9.37 Å². The first kappa shape index (κ1) is 16.5. The van der Waals surface area contributed by atoms with Gasteiger partial charge in [0.1, 0.15) is 17.2 Å². The average Bonchev–Trinajstić information content (AvgIpc) is 3.08. The SMILES string of the molecule is Cn1ccnc1C1CCN(C(=O)c2c[nH]c3ccc(F)cc3c2=O)CC1. The van der Waals surface area contributed by atoms with Crippen LogP contribution in [-0.2, 0) is 7.05 Å². The standard InChI is InChI=1S/C19H19FN4O2/c1-23-9-6-21-18(23)12-4-7-24(8-5-12)19(26)15-11-22-16-3-2-13(20)10-14(16)17(15)25/h2-3,6,9-12H,4-5,7-8H2,1H3,(H,22,25). The Morgan fingerprint density at radius 3 is 2.77 bits per heavy atom. The minimum atomic E-state index is -0.497. The molecule has 2 aromatic heterocycles. The number of nitrogens with one attached hydrogen (secondary N) is 1. The zero-order chi connectivity index (χ0) is 18.3. The van der Waals surface area contributed by atoms with Crippen LogP contribution in [0.4, 0.5) is 4.39 Å². The first-order valence-electron chi connectivity index (χ1n) is 8.62. The van der Waals surface area contributed by atoms with Gasteiger partial charge in [0.2, 0.25) is 5.43 Å². The number of hydrogen-bond donors (Lipinski definition) is 1. The van der Waals surface area contributed by atoms with Gasteiger partial charge in [-0.3, -0.25) is 9.59 Å². The molecule has 1 amide bonds. The number of rotatable bonds is 2. The number of aryl methyl sites for hydroxylation is 1. The maximum atomic E-state index is 13.5. The van der Waals surface area contributed by atoms with E-state index < -0.39 is 11.2 Å². The molecule has 0 atom stereocenters. The molecule has 0 unspecified atom stereocenters.